The van der Waals surface area contributed by atoms with E-state index >= 15 is 0 Å². The van der Waals surface area contributed by atoms with Gasteiger partial charge in [-0.1, -0.05) is 0 Å². The predicted molar refractivity (Wildman–Crippen MR) is 91.2 cm³/mol. The third kappa shape index (κ3) is 4.15. The molecule has 0 bridgehead atoms. The molecule has 5 heteroatoms. The number of Topliss-reactive ketones (excluding diaryl/α,β-unsaturated/α-hetero) is 1. The van der Waals surface area contributed by atoms with Crippen LogP contribution in [0.2, 0.25) is 0 Å². The first kappa shape index (κ1) is 15.7. The first-order valence-electron chi connectivity index (χ1n) is 7.93. The second-order valence-electron chi connectivity index (χ2n) is 6.25. The number of nitrogens with zero attached hydrogens (tertiary/aromatic N) is 2. The van der Waals surface area contributed by atoms with Gasteiger partial charge >= 0.3 is 0 Å². The minimum Gasteiger partial charge on any atom is -0.303 e. The lowest BCUT2D eigenvalue weighted by atomic mass is 9.96. The molecule has 0 aliphatic carbocycles. The zero-order valence-corrected chi connectivity index (χ0v) is 14.8. The maximum Gasteiger partial charge on any atom is 0.187 e. The molecule has 0 spiro atoms. The molecule has 3 heterocycles. The van der Waals surface area contributed by atoms with Gasteiger partial charge in [-0.05, 0) is 85.2 Å². The van der Waals surface area contributed by atoms with Gasteiger partial charge in [-0.3, -0.25) is 9.69 Å². The summed E-state index contributed by atoms with van der Waals surface area (Å²) in [5.74, 6) is 1.10. The Labute approximate surface area is 139 Å². The summed E-state index contributed by atoms with van der Waals surface area (Å²) in [5, 5.41) is 1.97. The molecular weight excluding hydrogens is 348 g/mol. The molecule has 0 unspecified atom stereocenters. The van der Waals surface area contributed by atoms with Crippen LogP contribution < -0.4 is 0 Å². The zero-order chi connectivity index (χ0) is 14.7. The van der Waals surface area contributed by atoms with Gasteiger partial charge in [0.2, 0.25) is 0 Å². The Bertz CT molecular complexity index is 476. The number of carbonyl (C=O) groups excluding carboxylic acids is 1. The highest BCUT2D eigenvalue weighted by Crippen LogP contribution is 2.25. The first-order valence-corrected chi connectivity index (χ1v) is 9.60. The Morgan fingerprint density at radius 1 is 1.19 bits per heavy atom. The predicted octanol–water partition coefficient (Wildman–Crippen LogP) is 3.50. The van der Waals surface area contributed by atoms with Crippen LogP contribution in [0, 0.1) is 5.92 Å². The topological polar surface area (TPSA) is 23.6 Å². The summed E-state index contributed by atoms with van der Waals surface area (Å²) in [4.78, 5) is 18.1. The van der Waals surface area contributed by atoms with Gasteiger partial charge in [-0.25, -0.2) is 0 Å². The molecule has 3 rings (SSSR count). The van der Waals surface area contributed by atoms with Gasteiger partial charge in [0, 0.05) is 11.0 Å². The molecule has 2 aliphatic heterocycles. The van der Waals surface area contributed by atoms with Gasteiger partial charge in [0.05, 0.1) is 11.4 Å². The molecule has 0 saturated carbocycles. The highest BCUT2D eigenvalue weighted by atomic mass is 79.9. The van der Waals surface area contributed by atoms with E-state index in [9.17, 15) is 4.79 Å². The molecule has 2 fully saturated rings. The third-order valence-electron chi connectivity index (χ3n) is 4.66. The SMILES string of the molecule is O=C(CN1CCC(CN2CCCC2)CC1)c1sccc1Br. The average molecular weight is 371 g/mol. The summed E-state index contributed by atoms with van der Waals surface area (Å²) in [6, 6.07) is 1.96. The lowest BCUT2D eigenvalue weighted by Crippen LogP contribution is -2.40. The molecule has 1 aromatic heterocycles. The van der Waals surface area contributed by atoms with Crippen molar-refractivity contribution in [3.8, 4) is 0 Å². The summed E-state index contributed by atoms with van der Waals surface area (Å²) in [6.45, 7) is 6.60. The normalized spacial score (nSPS) is 22.0. The Kier molecular flexibility index (Phi) is 5.49. The molecule has 116 valence electrons. The number of piperidine rings is 1. The number of ketones is 1. The molecule has 21 heavy (non-hydrogen) atoms. The van der Waals surface area contributed by atoms with Gasteiger partial charge < -0.3 is 4.90 Å². The molecule has 0 radical (unpaired) electrons. The second-order valence-corrected chi connectivity index (χ2v) is 8.02. The van der Waals surface area contributed by atoms with Crippen molar-refractivity contribution < 1.29 is 4.79 Å². The van der Waals surface area contributed by atoms with E-state index in [2.05, 4.69) is 25.7 Å². The number of hydrogen-bond acceptors (Lipinski definition) is 4. The van der Waals surface area contributed by atoms with E-state index in [1.807, 2.05) is 11.4 Å². The maximum atomic E-state index is 12.3. The zero-order valence-electron chi connectivity index (χ0n) is 12.4. The number of thiophene rings is 1. The first-order chi connectivity index (χ1) is 10.2. The van der Waals surface area contributed by atoms with Crippen LogP contribution in [0.1, 0.15) is 35.4 Å². The van der Waals surface area contributed by atoms with Crippen LogP contribution in [0.15, 0.2) is 15.9 Å². The van der Waals surface area contributed by atoms with E-state index in [0.29, 0.717) is 6.54 Å². The lowest BCUT2D eigenvalue weighted by Gasteiger charge is -2.33. The number of halogens is 1. The Hall–Kier alpha value is -0.230. The van der Waals surface area contributed by atoms with Crippen molar-refractivity contribution in [2.45, 2.75) is 25.7 Å². The average Bonchev–Trinajstić information content (AvgIpc) is 3.12. The van der Waals surface area contributed by atoms with Gasteiger partial charge in [0.1, 0.15) is 0 Å². The molecule has 0 aromatic carbocycles. The van der Waals surface area contributed by atoms with Crippen LogP contribution in [0.3, 0.4) is 0 Å². The quantitative estimate of drug-likeness (QED) is 0.741. The summed E-state index contributed by atoms with van der Waals surface area (Å²) < 4.78 is 0.946. The monoisotopic (exact) mass is 370 g/mol. The minimum atomic E-state index is 0.259. The third-order valence-corrected chi connectivity index (χ3v) is 6.54. The summed E-state index contributed by atoms with van der Waals surface area (Å²) in [5.41, 5.74) is 0. The molecule has 3 nitrogen and oxygen atoms in total. The fourth-order valence-corrected chi connectivity index (χ4v) is 4.95. The fraction of sp³-hybridized carbons (Fsp3) is 0.688. The molecule has 1 aromatic rings. The largest absolute Gasteiger partial charge is 0.303 e. The molecule has 0 atom stereocenters. The Morgan fingerprint density at radius 2 is 1.90 bits per heavy atom. The number of rotatable bonds is 5. The van der Waals surface area contributed by atoms with E-state index in [0.717, 1.165) is 28.4 Å². The highest BCUT2D eigenvalue weighted by Gasteiger charge is 2.24. The van der Waals surface area contributed by atoms with Gasteiger partial charge in [-0.15, -0.1) is 11.3 Å². The number of likely N-dealkylation sites (tertiary alicyclic amines) is 2. The van der Waals surface area contributed by atoms with E-state index < -0.39 is 0 Å². The van der Waals surface area contributed by atoms with E-state index in [-0.39, 0.29) is 5.78 Å². The van der Waals surface area contributed by atoms with Crippen molar-refractivity contribution in [2.75, 3.05) is 39.3 Å². The van der Waals surface area contributed by atoms with E-state index in [1.165, 1.54) is 56.7 Å². The van der Waals surface area contributed by atoms with Gasteiger partial charge in [-0.2, -0.15) is 0 Å². The highest BCUT2D eigenvalue weighted by molar-refractivity contribution is 9.10. The fourth-order valence-electron chi connectivity index (χ4n) is 3.43. The van der Waals surface area contributed by atoms with Gasteiger partial charge in [0.15, 0.2) is 5.78 Å². The van der Waals surface area contributed by atoms with Crippen molar-refractivity contribution >= 4 is 33.0 Å². The molecule has 0 N–H and O–H groups in total. The van der Waals surface area contributed by atoms with Crippen molar-refractivity contribution in [3.63, 3.8) is 0 Å². The van der Waals surface area contributed by atoms with E-state index in [4.69, 9.17) is 0 Å². The Balaban J connectivity index is 1.43. The molecule has 2 saturated heterocycles. The summed E-state index contributed by atoms with van der Waals surface area (Å²) >= 11 is 4.99. The summed E-state index contributed by atoms with van der Waals surface area (Å²) in [7, 11) is 0. The number of hydrogen-bond donors (Lipinski definition) is 0. The standard InChI is InChI=1S/C16H23BrN2OS/c17-14-5-10-21-16(14)15(20)12-19-8-3-13(4-9-19)11-18-6-1-2-7-18/h5,10,13H,1-4,6-9,11-12H2. The summed E-state index contributed by atoms with van der Waals surface area (Å²) in [6.07, 6.45) is 5.25. The van der Waals surface area contributed by atoms with Crippen LogP contribution in [0.25, 0.3) is 0 Å². The van der Waals surface area contributed by atoms with Crippen LogP contribution in [0.4, 0.5) is 0 Å². The minimum absolute atomic E-state index is 0.259. The van der Waals surface area contributed by atoms with Gasteiger partial charge in [0.25, 0.3) is 0 Å². The van der Waals surface area contributed by atoms with Crippen LogP contribution in [0.5, 0.6) is 0 Å². The molecule has 0 amide bonds. The van der Waals surface area contributed by atoms with E-state index in [1.54, 1.807) is 0 Å². The maximum absolute atomic E-state index is 12.3. The smallest absolute Gasteiger partial charge is 0.187 e. The van der Waals surface area contributed by atoms with Crippen LogP contribution in [-0.2, 0) is 0 Å². The van der Waals surface area contributed by atoms with Crippen LogP contribution in [-0.4, -0.2) is 54.9 Å². The van der Waals surface area contributed by atoms with Crippen molar-refractivity contribution in [1.29, 1.82) is 0 Å². The van der Waals surface area contributed by atoms with Crippen LogP contribution >= 0.6 is 27.3 Å². The lowest BCUT2D eigenvalue weighted by molar-refractivity contribution is 0.0885. The van der Waals surface area contributed by atoms with Crippen molar-refractivity contribution in [2.24, 2.45) is 5.92 Å². The Morgan fingerprint density at radius 3 is 2.52 bits per heavy atom. The second kappa shape index (κ2) is 7.36. The van der Waals surface area contributed by atoms with Crippen molar-refractivity contribution in [3.05, 3.63) is 20.8 Å². The molecule has 2 aliphatic rings. The number of carbonyl (C=O) groups is 1. The van der Waals surface area contributed by atoms with Crippen molar-refractivity contribution in [1.82, 2.24) is 9.80 Å². The molecular formula is C16H23BrN2OS.